The van der Waals surface area contributed by atoms with Gasteiger partial charge in [0.25, 0.3) is 0 Å². The molecule has 0 unspecified atom stereocenters. The van der Waals surface area contributed by atoms with Gasteiger partial charge in [-0.2, -0.15) is 13.2 Å². The first-order chi connectivity index (χ1) is 12.0. The van der Waals surface area contributed by atoms with Crippen LogP contribution in [0.3, 0.4) is 0 Å². The van der Waals surface area contributed by atoms with Gasteiger partial charge in [0.2, 0.25) is 0 Å². The Morgan fingerprint density at radius 3 is 2.35 bits per heavy atom. The number of hydrogen-bond donors (Lipinski definition) is 0. The summed E-state index contributed by atoms with van der Waals surface area (Å²) >= 11 is 3.31. The summed E-state index contributed by atoms with van der Waals surface area (Å²) in [6, 6.07) is 3.50. The minimum atomic E-state index is -4.42. The van der Waals surface area contributed by atoms with Crippen LogP contribution in [0.25, 0.3) is 0 Å². The first-order valence-corrected chi connectivity index (χ1v) is 9.62. The Hall–Kier alpha value is -1.24. The molecule has 146 valence electrons. The average molecular weight is 436 g/mol. The molecule has 1 saturated carbocycles. The standard InChI is InChI=1S/C19H25BrF3NO2/c1-18(2,3)26-17(25)24(15-7-5-4-6-8-15)12-13-11-14(19(21,22)23)9-10-16(13)20/h9-11,15H,4-8,12H2,1-3H3. The summed E-state index contributed by atoms with van der Waals surface area (Å²) in [6.07, 6.45) is -0.0792. The van der Waals surface area contributed by atoms with E-state index in [4.69, 9.17) is 4.74 Å². The van der Waals surface area contributed by atoms with E-state index in [2.05, 4.69) is 15.9 Å². The molecule has 1 fully saturated rings. The van der Waals surface area contributed by atoms with Crippen LogP contribution in [-0.2, 0) is 17.5 Å². The van der Waals surface area contributed by atoms with Gasteiger partial charge >= 0.3 is 12.3 Å². The lowest BCUT2D eigenvalue weighted by Crippen LogP contribution is -2.43. The van der Waals surface area contributed by atoms with E-state index in [0.29, 0.717) is 10.0 Å². The van der Waals surface area contributed by atoms with E-state index in [0.717, 1.165) is 44.2 Å². The molecule has 0 aromatic heterocycles. The van der Waals surface area contributed by atoms with Crippen molar-refractivity contribution in [3.8, 4) is 0 Å². The van der Waals surface area contributed by atoms with Crippen molar-refractivity contribution < 1.29 is 22.7 Å². The summed E-state index contributed by atoms with van der Waals surface area (Å²) in [5, 5.41) is 0. The molecular formula is C19H25BrF3NO2. The van der Waals surface area contributed by atoms with Gasteiger partial charge in [0, 0.05) is 10.5 Å². The van der Waals surface area contributed by atoms with Crippen LogP contribution in [0.15, 0.2) is 22.7 Å². The highest BCUT2D eigenvalue weighted by Gasteiger charge is 2.33. The fourth-order valence-corrected chi connectivity index (χ4v) is 3.48. The monoisotopic (exact) mass is 435 g/mol. The molecule has 1 aliphatic rings. The molecule has 3 nitrogen and oxygen atoms in total. The maximum atomic E-state index is 13.1. The Labute approximate surface area is 161 Å². The Balaban J connectivity index is 2.30. The van der Waals surface area contributed by atoms with E-state index < -0.39 is 23.4 Å². The van der Waals surface area contributed by atoms with Crippen molar-refractivity contribution in [2.24, 2.45) is 0 Å². The van der Waals surface area contributed by atoms with E-state index in [1.54, 1.807) is 25.7 Å². The van der Waals surface area contributed by atoms with E-state index in [9.17, 15) is 18.0 Å². The zero-order chi connectivity index (χ0) is 19.5. The van der Waals surface area contributed by atoms with Crippen molar-refractivity contribution in [1.82, 2.24) is 4.90 Å². The fourth-order valence-electron chi connectivity index (χ4n) is 3.11. The van der Waals surface area contributed by atoms with Crippen molar-refractivity contribution >= 4 is 22.0 Å². The third kappa shape index (κ3) is 5.89. The zero-order valence-corrected chi connectivity index (χ0v) is 16.9. The highest BCUT2D eigenvalue weighted by molar-refractivity contribution is 9.10. The van der Waals surface area contributed by atoms with Crippen LogP contribution < -0.4 is 0 Å². The van der Waals surface area contributed by atoms with Crippen molar-refractivity contribution in [3.05, 3.63) is 33.8 Å². The lowest BCUT2D eigenvalue weighted by atomic mass is 9.94. The van der Waals surface area contributed by atoms with Gasteiger partial charge < -0.3 is 9.64 Å². The lowest BCUT2D eigenvalue weighted by Gasteiger charge is -2.36. The number of carbonyl (C=O) groups is 1. The SMILES string of the molecule is CC(C)(C)OC(=O)N(Cc1cc(C(F)(F)F)ccc1Br)C1CCCCC1. The largest absolute Gasteiger partial charge is 0.444 e. The van der Waals surface area contributed by atoms with E-state index in [1.165, 1.54) is 6.07 Å². The van der Waals surface area contributed by atoms with Crippen molar-refractivity contribution in [2.45, 2.75) is 77.2 Å². The molecule has 1 aromatic rings. The number of rotatable bonds is 3. The molecule has 0 aliphatic heterocycles. The normalized spacial score (nSPS) is 16.4. The summed E-state index contributed by atoms with van der Waals surface area (Å²) in [5.74, 6) is 0. The second-order valence-corrected chi connectivity index (χ2v) is 8.56. The van der Waals surface area contributed by atoms with Crippen LogP contribution >= 0.6 is 15.9 Å². The Morgan fingerprint density at radius 2 is 1.81 bits per heavy atom. The molecule has 2 rings (SSSR count). The van der Waals surface area contributed by atoms with E-state index in [-0.39, 0.29) is 12.6 Å². The lowest BCUT2D eigenvalue weighted by molar-refractivity contribution is -0.137. The molecule has 26 heavy (non-hydrogen) atoms. The summed E-state index contributed by atoms with van der Waals surface area (Å²) in [7, 11) is 0. The first kappa shape index (κ1) is 21.1. The predicted molar refractivity (Wildman–Crippen MR) is 97.8 cm³/mol. The second kappa shape index (κ2) is 8.19. The summed E-state index contributed by atoms with van der Waals surface area (Å²) in [4.78, 5) is 14.3. The highest BCUT2D eigenvalue weighted by atomic mass is 79.9. The number of ether oxygens (including phenoxy) is 1. The van der Waals surface area contributed by atoms with Crippen LogP contribution in [0.4, 0.5) is 18.0 Å². The van der Waals surface area contributed by atoms with Crippen LogP contribution in [-0.4, -0.2) is 22.6 Å². The number of alkyl halides is 3. The predicted octanol–water partition coefficient (Wildman–Crippen LogP) is 6.54. The zero-order valence-electron chi connectivity index (χ0n) is 15.3. The second-order valence-electron chi connectivity index (χ2n) is 7.70. The average Bonchev–Trinajstić information content (AvgIpc) is 2.52. The van der Waals surface area contributed by atoms with Gasteiger partial charge in [-0.05, 0) is 57.4 Å². The van der Waals surface area contributed by atoms with Crippen molar-refractivity contribution in [2.75, 3.05) is 0 Å². The van der Waals surface area contributed by atoms with Gasteiger partial charge in [-0.25, -0.2) is 4.79 Å². The topological polar surface area (TPSA) is 29.5 Å². The van der Waals surface area contributed by atoms with Crippen molar-refractivity contribution in [1.29, 1.82) is 0 Å². The van der Waals surface area contributed by atoms with Crippen molar-refractivity contribution in [3.63, 3.8) is 0 Å². The summed E-state index contributed by atoms with van der Waals surface area (Å²) < 4.78 is 45.2. The number of nitrogens with zero attached hydrogens (tertiary/aromatic N) is 1. The number of amides is 1. The van der Waals surface area contributed by atoms with Gasteiger partial charge in [-0.15, -0.1) is 0 Å². The molecule has 0 N–H and O–H groups in total. The number of hydrogen-bond acceptors (Lipinski definition) is 2. The molecule has 0 heterocycles. The van der Waals surface area contributed by atoms with E-state index >= 15 is 0 Å². The first-order valence-electron chi connectivity index (χ1n) is 8.82. The number of carbonyl (C=O) groups excluding carboxylic acids is 1. The summed E-state index contributed by atoms with van der Waals surface area (Å²) in [5.41, 5.74) is -0.950. The van der Waals surface area contributed by atoms with Gasteiger partial charge in [-0.1, -0.05) is 35.2 Å². The molecule has 1 amide bonds. The minimum absolute atomic E-state index is 0.0138. The van der Waals surface area contributed by atoms with Crippen LogP contribution in [0, 0.1) is 0 Å². The molecule has 7 heteroatoms. The molecular weight excluding hydrogens is 411 g/mol. The maximum Gasteiger partial charge on any atom is 0.416 e. The van der Waals surface area contributed by atoms with Gasteiger partial charge in [0.05, 0.1) is 12.1 Å². The summed E-state index contributed by atoms with van der Waals surface area (Å²) in [6.45, 7) is 5.43. The Morgan fingerprint density at radius 1 is 1.19 bits per heavy atom. The number of halogens is 4. The Bertz CT molecular complexity index is 635. The van der Waals surface area contributed by atoms with E-state index in [1.807, 2.05) is 0 Å². The van der Waals surface area contributed by atoms with Gasteiger partial charge in [0.15, 0.2) is 0 Å². The molecule has 0 radical (unpaired) electrons. The third-order valence-corrected chi connectivity index (χ3v) is 5.13. The highest BCUT2D eigenvalue weighted by Crippen LogP contribution is 2.33. The molecule has 1 aliphatic carbocycles. The molecule has 0 spiro atoms. The van der Waals surface area contributed by atoms with Crippen LogP contribution in [0.1, 0.15) is 64.0 Å². The minimum Gasteiger partial charge on any atom is -0.444 e. The molecule has 1 aromatic carbocycles. The van der Waals surface area contributed by atoms with Gasteiger partial charge in [-0.3, -0.25) is 0 Å². The van der Waals surface area contributed by atoms with Gasteiger partial charge in [0.1, 0.15) is 5.60 Å². The quantitative estimate of drug-likeness (QED) is 0.539. The smallest absolute Gasteiger partial charge is 0.416 e. The molecule has 0 bridgehead atoms. The third-order valence-electron chi connectivity index (χ3n) is 4.36. The molecule has 0 atom stereocenters. The molecule has 0 saturated heterocycles. The maximum absolute atomic E-state index is 13.1. The van der Waals surface area contributed by atoms with Crippen LogP contribution in [0.5, 0.6) is 0 Å². The number of benzene rings is 1. The Kier molecular flexibility index (Phi) is 6.64. The van der Waals surface area contributed by atoms with Crippen LogP contribution in [0.2, 0.25) is 0 Å². The fraction of sp³-hybridized carbons (Fsp3) is 0.632.